The van der Waals surface area contributed by atoms with E-state index in [4.69, 9.17) is 4.42 Å². The van der Waals surface area contributed by atoms with Crippen molar-refractivity contribution in [3.8, 4) is 11.1 Å². The number of benzene rings is 9. The third-order valence-electron chi connectivity index (χ3n) is 10.8. The highest BCUT2D eigenvalue weighted by atomic mass is 32.1. The minimum atomic E-state index is 0.839. The molecule has 4 heteroatoms. The number of fused-ring (bicyclic) bond motifs is 7. The van der Waals surface area contributed by atoms with Gasteiger partial charge in [0.05, 0.1) is 11.4 Å². The lowest BCUT2D eigenvalue weighted by Gasteiger charge is -2.26. The predicted octanol–water partition coefficient (Wildman–Crippen LogP) is 15.7. The molecule has 0 aliphatic rings. The Kier molecular flexibility index (Phi) is 7.68. The van der Waals surface area contributed by atoms with E-state index in [1.54, 1.807) is 0 Å². The fourth-order valence-electron chi connectivity index (χ4n) is 8.18. The average Bonchev–Trinajstić information content (AvgIpc) is 3.84. The summed E-state index contributed by atoms with van der Waals surface area (Å²) >= 11 is 1.84. The molecule has 9 aromatic carbocycles. The Morgan fingerprint density at radius 1 is 0.321 bits per heavy atom. The Morgan fingerprint density at radius 3 is 1.54 bits per heavy atom. The Morgan fingerprint density at radius 2 is 0.839 bits per heavy atom. The van der Waals surface area contributed by atoms with Crippen LogP contribution in [-0.2, 0) is 0 Å². The minimum Gasteiger partial charge on any atom is -0.452 e. The van der Waals surface area contributed by atoms with E-state index in [2.05, 4.69) is 216 Å². The van der Waals surface area contributed by atoms with Crippen LogP contribution in [-0.4, -0.2) is 0 Å². The molecule has 0 atom stereocenters. The van der Waals surface area contributed by atoms with E-state index < -0.39 is 0 Å². The van der Waals surface area contributed by atoms with Crippen LogP contribution in [0.5, 0.6) is 0 Å². The summed E-state index contributed by atoms with van der Waals surface area (Å²) in [6.45, 7) is 0. The van der Waals surface area contributed by atoms with Crippen LogP contribution in [0.2, 0.25) is 0 Å². The van der Waals surface area contributed by atoms with E-state index in [1.807, 2.05) is 11.3 Å². The molecular weight excluding hydrogens is 701 g/mol. The first-order chi connectivity index (χ1) is 27.8. The maximum atomic E-state index is 7.15. The lowest BCUT2D eigenvalue weighted by atomic mass is 10.0. The van der Waals surface area contributed by atoms with Gasteiger partial charge in [0.1, 0.15) is 0 Å². The number of furan rings is 1. The summed E-state index contributed by atoms with van der Waals surface area (Å²) < 4.78 is 9.69. The molecule has 0 saturated carbocycles. The molecule has 0 amide bonds. The topological polar surface area (TPSA) is 19.6 Å². The first kappa shape index (κ1) is 32.3. The molecule has 3 nitrogen and oxygen atoms in total. The van der Waals surface area contributed by atoms with Crippen molar-refractivity contribution >= 4 is 98.3 Å². The van der Waals surface area contributed by atoms with Gasteiger partial charge >= 0.3 is 0 Å². The first-order valence-electron chi connectivity index (χ1n) is 18.9. The third kappa shape index (κ3) is 5.42. The van der Waals surface area contributed by atoms with Crippen LogP contribution in [0.3, 0.4) is 0 Å². The first-order valence-corrected chi connectivity index (χ1v) is 19.7. The SMILES string of the molecule is c1ccc(N(c2ccccc2)c2cccc3c2oc2c(N(c4ccc(-c5ccc6ccccc6c5)cc4)c4ccc5c(c4)sc4ccccc45)cccc23)cc1. The Labute approximate surface area is 328 Å². The zero-order valence-corrected chi connectivity index (χ0v) is 31.2. The van der Waals surface area contributed by atoms with Crippen LogP contribution in [0.4, 0.5) is 34.1 Å². The number of hydrogen-bond acceptors (Lipinski definition) is 4. The summed E-state index contributed by atoms with van der Waals surface area (Å²) in [5.74, 6) is 0. The molecule has 0 aliphatic heterocycles. The fourth-order valence-corrected chi connectivity index (χ4v) is 9.32. The molecule has 0 radical (unpaired) electrons. The largest absolute Gasteiger partial charge is 0.452 e. The van der Waals surface area contributed by atoms with Crippen LogP contribution < -0.4 is 9.80 Å². The number of thiophene rings is 1. The molecule has 0 N–H and O–H groups in total. The van der Waals surface area contributed by atoms with E-state index in [0.29, 0.717) is 0 Å². The molecule has 56 heavy (non-hydrogen) atoms. The van der Waals surface area contributed by atoms with Crippen molar-refractivity contribution in [1.29, 1.82) is 0 Å². The van der Waals surface area contributed by atoms with Gasteiger partial charge in [0.15, 0.2) is 11.2 Å². The molecular formula is C52H34N2OS. The molecule has 264 valence electrons. The van der Waals surface area contributed by atoms with Crippen LogP contribution in [0.25, 0.3) is 64.0 Å². The molecule has 0 unspecified atom stereocenters. The van der Waals surface area contributed by atoms with E-state index in [0.717, 1.165) is 56.1 Å². The zero-order valence-electron chi connectivity index (χ0n) is 30.3. The van der Waals surface area contributed by atoms with Crippen LogP contribution in [0.15, 0.2) is 211 Å². The van der Waals surface area contributed by atoms with Gasteiger partial charge in [0, 0.05) is 53.7 Å². The number of rotatable bonds is 7. The highest BCUT2D eigenvalue weighted by Crippen LogP contribution is 2.47. The Hall–Kier alpha value is -7.14. The van der Waals surface area contributed by atoms with Crippen LogP contribution in [0.1, 0.15) is 0 Å². The normalized spacial score (nSPS) is 11.6. The van der Waals surface area contributed by atoms with E-state index in [-0.39, 0.29) is 0 Å². The Balaban J connectivity index is 1.11. The second-order valence-electron chi connectivity index (χ2n) is 14.1. The molecule has 11 rings (SSSR count). The molecule has 0 aliphatic carbocycles. The van der Waals surface area contributed by atoms with Gasteiger partial charge in [-0.05, 0) is 94.7 Å². The van der Waals surface area contributed by atoms with Gasteiger partial charge in [-0.2, -0.15) is 0 Å². The molecule has 0 spiro atoms. The van der Waals surface area contributed by atoms with Crippen LogP contribution >= 0.6 is 11.3 Å². The van der Waals surface area contributed by atoms with Crippen molar-refractivity contribution in [1.82, 2.24) is 0 Å². The number of hydrogen-bond donors (Lipinski definition) is 0. The number of anilines is 6. The fraction of sp³-hybridized carbons (Fsp3) is 0. The molecule has 2 heterocycles. The summed E-state index contributed by atoms with van der Waals surface area (Å²) in [5.41, 5.74) is 10.3. The van der Waals surface area contributed by atoms with Gasteiger partial charge in [0.2, 0.25) is 0 Å². The standard InChI is InChI=1S/C52H34N2OS/c1-3-15-39(16-4-1)53(40-17-5-2-6-18-40)47-22-11-20-45-46-21-12-23-48(52(46)55-51(45)47)54(42-31-32-44-43-19-9-10-24-49(43)56-50(44)34-42)41-29-27-36(28-30-41)38-26-25-35-13-7-8-14-37(35)33-38/h1-34H. The van der Waals surface area contributed by atoms with Crippen molar-refractivity contribution in [2.24, 2.45) is 0 Å². The smallest absolute Gasteiger partial charge is 0.159 e. The molecule has 2 aromatic heterocycles. The number of nitrogens with zero attached hydrogens (tertiary/aromatic N) is 2. The number of para-hydroxylation sites is 4. The van der Waals surface area contributed by atoms with Gasteiger partial charge in [-0.3, -0.25) is 0 Å². The molecule has 0 saturated heterocycles. The molecule has 11 aromatic rings. The Bertz CT molecular complexity index is 3160. The van der Waals surface area contributed by atoms with E-state index in [9.17, 15) is 0 Å². The summed E-state index contributed by atoms with van der Waals surface area (Å²) in [6.07, 6.45) is 0. The van der Waals surface area contributed by atoms with E-state index >= 15 is 0 Å². The molecule has 0 bridgehead atoms. The summed E-state index contributed by atoms with van der Waals surface area (Å²) in [5, 5.41) is 7.19. The third-order valence-corrected chi connectivity index (χ3v) is 12.0. The highest BCUT2D eigenvalue weighted by molar-refractivity contribution is 7.25. The van der Waals surface area contributed by atoms with Crippen LogP contribution in [0, 0.1) is 0 Å². The van der Waals surface area contributed by atoms with Crippen molar-refractivity contribution < 1.29 is 4.42 Å². The van der Waals surface area contributed by atoms with Gasteiger partial charge in [-0.15, -0.1) is 11.3 Å². The van der Waals surface area contributed by atoms with Crippen molar-refractivity contribution in [3.05, 3.63) is 206 Å². The van der Waals surface area contributed by atoms with Gasteiger partial charge in [0.25, 0.3) is 0 Å². The predicted molar refractivity (Wildman–Crippen MR) is 239 cm³/mol. The average molecular weight is 735 g/mol. The maximum Gasteiger partial charge on any atom is 0.159 e. The highest BCUT2D eigenvalue weighted by Gasteiger charge is 2.23. The minimum absolute atomic E-state index is 0.839. The van der Waals surface area contributed by atoms with Crippen molar-refractivity contribution in [2.75, 3.05) is 9.80 Å². The zero-order chi connectivity index (χ0) is 37.0. The quantitative estimate of drug-likeness (QED) is 0.163. The second kappa shape index (κ2) is 13.3. The monoisotopic (exact) mass is 734 g/mol. The van der Waals surface area contributed by atoms with Gasteiger partial charge in [-0.1, -0.05) is 133 Å². The van der Waals surface area contributed by atoms with Gasteiger partial charge in [-0.25, -0.2) is 0 Å². The second-order valence-corrected chi connectivity index (χ2v) is 15.2. The molecule has 0 fully saturated rings. The van der Waals surface area contributed by atoms with E-state index in [1.165, 1.54) is 42.1 Å². The van der Waals surface area contributed by atoms with Crippen molar-refractivity contribution in [2.45, 2.75) is 0 Å². The maximum absolute atomic E-state index is 7.15. The van der Waals surface area contributed by atoms with Crippen molar-refractivity contribution in [3.63, 3.8) is 0 Å². The lowest BCUT2D eigenvalue weighted by Crippen LogP contribution is -2.10. The summed E-state index contributed by atoms with van der Waals surface area (Å²) in [7, 11) is 0. The summed E-state index contributed by atoms with van der Waals surface area (Å²) in [4.78, 5) is 4.63. The summed E-state index contributed by atoms with van der Waals surface area (Å²) in [6, 6.07) is 73.7. The van der Waals surface area contributed by atoms with Gasteiger partial charge < -0.3 is 14.2 Å². The lowest BCUT2D eigenvalue weighted by molar-refractivity contribution is 0.669.